The molecule has 0 aromatic heterocycles. The summed E-state index contributed by atoms with van der Waals surface area (Å²) in [7, 11) is 1.71. The van der Waals surface area contributed by atoms with Crippen LogP contribution in [0.15, 0.2) is 72.8 Å². The molecule has 4 rings (SSSR count). The molecule has 0 unspecified atom stereocenters. The summed E-state index contributed by atoms with van der Waals surface area (Å²) in [5.74, 6) is 0.920. The van der Waals surface area contributed by atoms with Gasteiger partial charge < -0.3 is 15.4 Å². The van der Waals surface area contributed by atoms with Crippen molar-refractivity contribution >= 4 is 0 Å². The molecule has 31 heavy (non-hydrogen) atoms. The maximum atomic E-state index is 5.32. The maximum absolute atomic E-state index is 5.32. The van der Waals surface area contributed by atoms with E-state index in [2.05, 4.69) is 82.3 Å². The predicted octanol–water partition coefficient (Wildman–Crippen LogP) is 4.10. The van der Waals surface area contributed by atoms with E-state index in [1.165, 1.54) is 27.8 Å². The Kier molecular flexibility index (Phi) is 7.72. The average Bonchev–Trinajstić information content (AvgIpc) is 2.83. The Bertz CT molecular complexity index is 949. The molecule has 1 fully saturated rings. The van der Waals surface area contributed by atoms with Crippen molar-refractivity contribution in [2.24, 2.45) is 0 Å². The van der Waals surface area contributed by atoms with Crippen LogP contribution in [0.4, 0.5) is 0 Å². The lowest BCUT2D eigenvalue weighted by atomic mass is 9.98. The van der Waals surface area contributed by atoms with E-state index in [1.54, 1.807) is 7.11 Å². The Labute approximate surface area is 186 Å². The van der Waals surface area contributed by atoms with Gasteiger partial charge in [-0.1, -0.05) is 60.7 Å². The number of benzene rings is 3. The van der Waals surface area contributed by atoms with Crippen LogP contribution in [0.3, 0.4) is 0 Å². The zero-order valence-electron chi connectivity index (χ0n) is 18.4. The smallest absolute Gasteiger partial charge is 0.119 e. The number of nitrogens with zero attached hydrogens (tertiary/aromatic N) is 1. The highest BCUT2D eigenvalue weighted by molar-refractivity contribution is 5.67. The van der Waals surface area contributed by atoms with Crippen LogP contribution >= 0.6 is 0 Å². The largest absolute Gasteiger partial charge is 0.497 e. The Morgan fingerprint density at radius 2 is 1.71 bits per heavy atom. The third-order valence-corrected chi connectivity index (χ3v) is 5.94. The molecule has 1 aliphatic heterocycles. The van der Waals surface area contributed by atoms with Gasteiger partial charge in [-0.2, -0.15) is 0 Å². The van der Waals surface area contributed by atoms with Crippen LogP contribution in [0.1, 0.15) is 16.7 Å². The molecule has 162 valence electrons. The number of nitrogens with one attached hydrogen (secondary N) is 2. The van der Waals surface area contributed by atoms with E-state index in [-0.39, 0.29) is 0 Å². The summed E-state index contributed by atoms with van der Waals surface area (Å²) in [6.45, 7) is 7.29. The molecule has 3 aromatic rings. The van der Waals surface area contributed by atoms with Crippen LogP contribution in [-0.4, -0.2) is 44.7 Å². The van der Waals surface area contributed by atoms with Crippen LogP contribution in [0, 0.1) is 0 Å². The summed E-state index contributed by atoms with van der Waals surface area (Å²) in [5, 5.41) is 7.03. The molecule has 0 aliphatic carbocycles. The van der Waals surface area contributed by atoms with E-state index in [0.29, 0.717) is 0 Å². The van der Waals surface area contributed by atoms with Gasteiger partial charge in [-0.3, -0.25) is 4.90 Å². The third kappa shape index (κ3) is 6.17. The molecule has 0 atom stereocenters. The van der Waals surface area contributed by atoms with Gasteiger partial charge >= 0.3 is 0 Å². The lowest BCUT2D eigenvalue weighted by Crippen LogP contribution is -2.42. The second kappa shape index (κ2) is 11.1. The van der Waals surface area contributed by atoms with Crippen LogP contribution in [0.5, 0.6) is 5.75 Å². The van der Waals surface area contributed by atoms with Crippen molar-refractivity contribution in [2.75, 3.05) is 39.8 Å². The van der Waals surface area contributed by atoms with Crippen molar-refractivity contribution in [3.63, 3.8) is 0 Å². The van der Waals surface area contributed by atoms with Gasteiger partial charge in [0.2, 0.25) is 0 Å². The van der Waals surface area contributed by atoms with Gasteiger partial charge in [0.05, 0.1) is 7.11 Å². The monoisotopic (exact) mass is 415 g/mol. The van der Waals surface area contributed by atoms with Crippen molar-refractivity contribution in [3.05, 3.63) is 89.5 Å². The van der Waals surface area contributed by atoms with Crippen LogP contribution in [0.2, 0.25) is 0 Å². The van der Waals surface area contributed by atoms with Crippen molar-refractivity contribution in [1.29, 1.82) is 0 Å². The van der Waals surface area contributed by atoms with E-state index in [0.717, 1.165) is 58.0 Å². The summed E-state index contributed by atoms with van der Waals surface area (Å²) in [6, 6.07) is 26.1. The first kappa shape index (κ1) is 21.6. The van der Waals surface area contributed by atoms with Crippen LogP contribution < -0.4 is 15.4 Å². The Balaban J connectivity index is 1.34. The molecule has 1 aliphatic rings. The summed E-state index contributed by atoms with van der Waals surface area (Å²) in [5.41, 5.74) is 6.61. The molecular weight excluding hydrogens is 382 g/mol. The quantitative estimate of drug-likeness (QED) is 0.516. The van der Waals surface area contributed by atoms with E-state index >= 15 is 0 Å². The Morgan fingerprint density at radius 3 is 2.52 bits per heavy atom. The highest BCUT2D eigenvalue weighted by Crippen LogP contribution is 2.24. The Morgan fingerprint density at radius 1 is 0.903 bits per heavy atom. The average molecular weight is 416 g/mol. The van der Waals surface area contributed by atoms with Gasteiger partial charge in [0.25, 0.3) is 0 Å². The minimum Gasteiger partial charge on any atom is -0.497 e. The highest BCUT2D eigenvalue weighted by atomic mass is 16.5. The van der Waals surface area contributed by atoms with Crippen LogP contribution in [-0.2, 0) is 19.5 Å². The van der Waals surface area contributed by atoms with Gasteiger partial charge in [0, 0.05) is 39.3 Å². The lowest BCUT2D eigenvalue weighted by molar-refractivity contribution is 0.233. The normalized spacial score (nSPS) is 14.5. The number of rotatable bonds is 9. The first-order valence-electron chi connectivity index (χ1n) is 11.3. The molecule has 0 bridgehead atoms. The SMILES string of the molecule is COc1cccc(CCNCc2ccccc2-c2ccc(CN3CCNCC3)cc2)c1. The van der Waals surface area contributed by atoms with Crippen molar-refractivity contribution < 1.29 is 4.74 Å². The minimum absolute atomic E-state index is 0.864. The molecular formula is C27H33N3O. The van der Waals surface area contributed by atoms with E-state index in [9.17, 15) is 0 Å². The van der Waals surface area contributed by atoms with Gasteiger partial charge in [0.15, 0.2) is 0 Å². The molecule has 4 heteroatoms. The number of piperazine rings is 1. The standard InChI is InChI=1S/C27H33N3O/c1-31-26-7-4-5-22(19-26)13-14-29-20-25-6-2-3-8-27(25)24-11-9-23(10-12-24)21-30-17-15-28-16-18-30/h2-12,19,28-29H,13-18,20-21H2,1H3. The molecule has 0 saturated carbocycles. The molecule has 1 heterocycles. The first-order valence-corrected chi connectivity index (χ1v) is 11.3. The van der Waals surface area contributed by atoms with E-state index < -0.39 is 0 Å². The molecule has 3 aromatic carbocycles. The summed E-state index contributed by atoms with van der Waals surface area (Å²) >= 11 is 0. The van der Waals surface area contributed by atoms with Crippen molar-refractivity contribution in [3.8, 4) is 16.9 Å². The van der Waals surface area contributed by atoms with Crippen LogP contribution in [0.25, 0.3) is 11.1 Å². The molecule has 0 amide bonds. The fourth-order valence-corrected chi connectivity index (χ4v) is 4.16. The van der Waals surface area contributed by atoms with Gasteiger partial charge in [-0.25, -0.2) is 0 Å². The third-order valence-electron chi connectivity index (χ3n) is 5.94. The number of hydrogen-bond donors (Lipinski definition) is 2. The van der Waals surface area contributed by atoms with Gasteiger partial charge in [-0.15, -0.1) is 0 Å². The molecule has 1 saturated heterocycles. The van der Waals surface area contributed by atoms with Gasteiger partial charge in [0.1, 0.15) is 5.75 Å². The fraction of sp³-hybridized carbons (Fsp3) is 0.333. The van der Waals surface area contributed by atoms with E-state index in [4.69, 9.17) is 4.74 Å². The Hall–Kier alpha value is -2.66. The number of hydrogen-bond acceptors (Lipinski definition) is 4. The lowest BCUT2D eigenvalue weighted by Gasteiger charge is -2.27. The second-order valence-electron chi connectivity index (χ2n) is 8.16. The second-order valence-corrected chi connectivity index (χ2v) is 8.16. The number of methoxy groups -OCH3 is 1. The molecule has 4 nitrogen and oxygen atoms in total. The highest BCUT2D eigenvalue weighted by Gasteiger charge is 2.10. The molecule has 0 spiro atoms. The minimum atomic E-state index is 0.864. The summed E-state index contributed by atoms with van der Waals surface area (Å²) in [6.07, 6.45) is 0.986. The van der Waals surface area contributed by atoms with Gasteiger partial charge in [-0.05, 0) is 52.9 Å². The molecule has 0 radical (unpaired) electrons. The molecule has 2 N–H and O–H groups in total. The number of ether oxygens (including phenoxy) is 1. The fourth-order valence-electron chi connectivity index (χ4n) is 4.16. The summed E-state index contributed by atoms with van der Waals surface area (Å²) < 4.78 is 5.32. The zero-order valence-corrected chi connectivity index (χ0v) is 18.4. The maximum Gasteiger partial charge on any atom is 0.119 e. The topological polar surface area (TPSA) is 36.5 Å². The van der Waals surface area contributed by atoms with E-state index in [1.807, 2.05) is 6.07 Å². The first-order chi connectivity index (χ1) is 15.3. The predicted molar refractivity (Wildman–Crippen MR) is 128 cm³/mol. The van der Waals surface area contributed by atoms with Crippen molar-refractivity contribution in [2.45, 2.75) is 19.5 Å². The van der Waals surface area contributed by atoms with Crippen molar-refractivity contribution in [1.82, 2.24) is 15.5 Å². The summed E-state index contributed by atoms with van der Waals surface area (Å²) in [4.78, 5) is 2.52. The zero-order chi connectivity index (χ0) is 21.3.